The van der Waals surface area contributed by atoms with Gasteiger partial charge in [-0.05, 0) is 97.8 Å². The number of aliphatic hydroxyl groups is 1. The van der Waals surface area contributed by atoms with Gasteiger partial charge in [0.25, 0.3) is 0 Å². The lowest BCUT2D eigenvalue weighted by molar-refractivity contribution is 0.0536. The maximum absolute atomic E-state index is 10.6. The predicted octanol–water partition coefficient (Wildman–Crippen LogP) is 5.88. The third kappa shape index (κ3) is 5.49. The van der Waals surface area contributed by atoms with Crippen LogP contribution in [0.25, 0.3) is 0 Å². The Hall–Kier alpha value is -1.92. The summed E-state index contributed by atoms with van der Waals surface area (Å²) >= 11 is 9.81. The van der Waals surface area contributed by atoms with Crippen molar-refractivity contribution in [3.05, 3.63) is 92.7 Å². The molecule has 0 spiro atoms. The average molecular weight is 542 g/mol. The molecule has 0 saturated carbocycles. The quantitative estimate of drug-likeness (QED) is 0.423. The van der Waals surface area contributed by atoms with Gasteiger partial charge in [-0.3, -0.25) is 4.98 Å². The summed E-state index contributed by atoms with van der Waals surface area (Å²) in [6.07, 6.45) is 5.61. The fourth-order valence-electron chi connectivity index (χ4n) is 5.50. The van der Waals surface area contributed by atoms with Crippen molar-refractivity contribution in [1.29, 1.82) is 0 Å². The molecule has 0 bridgehead atoms. The van der Waals surface area contributed by atoms with Gasteiger partial charge in [-0.2, -0.15) is 0 Å². The number of aliphatic hydroxyl groups excluding tert-OH is 1. The Labute approximate surface area is 215 Å². The van der Waals surface area contributed by atoms with E-state index in [9.17, 15) is 5.11 Å². The van der Waals surface area contributed by atoms with Crippen LogP contribution in [0.1, 0.15) is 41.1 Å². The third-order valence-electron chi connectivity index (χ3n) is 7.14. The fourth-order valence-corrected chi connectivity index (χ4v) is 6.07. The summed E-state index contributed by atoms with van der Waals surface area (Å²) in [6, 6.07) is 18.4. The number of β-amino-alcohol motifs (C(OH)–C–C–N with tert-alkyl or cyclic N) is 1. The van der Waals surface area contributed by atoms with Crippen molar-refractivity contribution < 1.29 is 9.84 Å². The first kappa shape index (κ1) is 23.8. The molecule has 1 saturated heterocycles. The lowest BCUT2D eigenvalue weighted by Crippen LogP contribution is -2.41. The number of benzene rings is 2. The van der Waals surface area contributed by atoms with Gasteiger partial charge < -0.3 is 14.7 Å². The van der Waals surface area contributed by atoms with Crippen LogP contribution in [0, 0.1) is 5.92 Å². The Morgan fingerprint density at radius 2 is 1.88 bits per heavy atom. The van der Waals surface area contributed by atoms with E-state index in [1.165, 1.54) is 22.4 Å². The predicted molar refractivity (Wildman–Crippen MR) is 140 cm³/mol. The first-order valence-electron chi connectivity index (χ1n) is 12.1. The van der Waals surface area contributed by atoms with Gasteiger partial charge in [0.1, 0.15) is 18.5 Å². The lowest BCUT2D eigenvalue weighted by Gasteiger charge is -2.37. The zero-order chi connectivity index (χ0) is 23.5. The second-order valence-electron chi connectivity index (χ2n) is 9.43. The standard InChI is InChI=1S/C28H30BrClN2O2/c29-22-4-1-5-25(16-22)34-18-24(33)17-32-13-10-19(11-14-32)27-26-9-8-23(30)15-21(26)7-6-20-3-2-12-31-28(20)27/h1-5,8-9,12,15-16,19,24,27,33H,6-7,10-11,13-14,17-18H2. The molecule has 2 heterocycles. The summed E-state index contributed by atoms with van der Waals surface area (Å²) < 4.78 is 6.75. The summed E-state index contributed by atoms with van der Waals surface area (Å²) in [4.78, 5) is 7.24. The van der Waals surface area contributed by atoms with Crippen LogP contribution in [0.5, 0.6) is 5.75 Å². The molecule has 1 N–H and O–H groups in total. The van der Waals surface area contributed by atoms with E-state index in [0.717, 1.165) is 54.0 Å². The molecular weight excluding hydrogens is 512 g/mol. The highest BCUT2D eigenvalue weighted by atomic mass is 79.9. The van der Waals surface area contributed by atoms with E-state index in [0.29, 0.717) is 25.0 Å². The molecule has 1 aromatic heterocycles. The third-order valence-corrected chi connectivity index (χ3v) is 7.86. The zero-order valence-corrected chi connectivity index (χ0v) is 21.5. The number of hydrogen-bond acceptors (Lipinski definition) is 4. The first-order valence-corrected chi connectivity index (χ1v) is 13.2. The number of likely N-dealkylation sites (tertiary alicyclic amines) is 1. The Bertz CT molecular complexity index is 1130. The highest BCUT2D eigenvalue weighted by Gasteiger charge is 2.34. The number of piperidine rings is 1. The SMILES string of the molecule is OC(COc1cccc(Br)c1)CN1CCC(C2c3ccc(Cl)cc3CCc3cccnc32)CC1. The van der Waals surface area contributed by atoms with Gasteiger partial charge >= 0.3 is 0 Å². The number of pyridine rings is 1. The van der Waals surface area contributed by atoms with Crippen molar-refractivity contribution >= 4 is 27.5 Å². The average Bonchev–Trinajstić information content (AvgIpc) is 3.00. The van der Waals surface area contributed by atoms with E-state index in [4.69, 9.17) is 21.3 Å². The minimum Gasteiger partial charge on any atom is -0.491 e. The number of fused-ring (bicyclic) bond motifs is 2. The minimum absolute atomic E-state index is 0.296. The number of hydrogen-bond donors (Lipinski definition) is 1. The molecule has 1 aliphatic carbocycles. The zero-order valence-electron chi connectivity index (χ0n) is 19.2. The highest BCUT2D eigenvalue weighted by Crippen LogP contribution is 2.42. The molecule has 2 aliphatic rings. The summed E-state index contributed by atoms with van der Waals surface area (Å²) in [5, 5.41) is 11.4. The normalized spacial score (nSPS) is 19.7. The summed E-state index contributed by atoms with van der Waals surface area (Å²) in [6.45, 7) is 2.87. The van der Waals surface area contributed by atoms with Crippen molar-refractivity contribution in [1.82, 2.24) is 9.88 Å². The van der Waals surface area contributed by atoms with Crippen LogP contribution >= 0.6 is 27.5 Å². The van der Waals surface area contributed by atoms with Gasteiger partial charge in [-0.25, -0.2) is 0 Å². The van der Waals surface area contributed by atoms with E-state index in [2.05, 4.69) is 45.1 Å². The topological polar surface area (TPSA) is 45.6 Å². The molecule has 2 atom stereocenters. The Balaban J connectivity index is 1.24. The van der Waals surface area contributed by atoms with Crippen LogP contribution in [-0.4, -0.2) is 47.3 Å². The Kier molecular flexibility index (Phi) is 7.55. The number of aromatic nitrogens is 1. The summed E-state index contributed by atoms with van der Waals surface area (Å²) in [5.74, 6) is 1.60. The minimum atomic E-state index is -0.515. The number of nitrogens with zero attached hydrogens (tertiary/aromatic N) is 2. The number of ether oxygens (including phenoxy) is 1. The largest absolute Gasteiger partial charge is 0.491 e. The fraction of sp³-hybridized carbons (Fsp3) is 0.393. The van der Waals surface area contributed by atoms with Crippen LogP contribution in [0.3, 0.4) is 0 Å². The number of aryl methyl sites for hydroxylation is 2. The molecule has 5 rings (SSSR count). The van der Waals surface area contributed by atoms with E-state index in [1.807, 2.05) is 36.5 Å². The van der Waals surface area contributed by atoms with Gasteiger partial charge in [0, 0.05) is 28.2 Å². The number of halogens is 2. The maximum atomic E-state index is 10.6. The molecular formula is C28H30BrClN2O2. The second kappa shape index (κ2) is 10.8. The Morgan fingerprint density at radius 1 is 1.06 bits per heavy atom. The van der Waals surface area contributed by atoms with Crippen molar-refractivity contribution in [2.24, 2.45) is 5.92 Å². The van der Waals surface area contributed by atoms with Crippen LogP contribution in [0.15, 0.2) is 65.3 Å². The van der Waals surface area contributed by atoms with Gasteiger partial charge in [0.05, 0.1) is 5.69 Å². The molecule has 34 heavy (non-hydrogen) atoms. The molecule has 1 aliphatic heterocycles. The molecule has 0 amide bonds. The van der Waals surface area contributed by atoms with Crippen molar-refractivity contribution in [3.8, 4) is 5.75 Å². The maximum Gasteiger partial charge on any atom is 0.120 e. The van der Waals surface area contributed by atoms with Crippen LogP contribution in [0.4, 0.5) is 0 Å². The number of rotatable bonds is 6. The summed E-state index contributed by atoms with van der Waals surface area (Å²) in [7, 11) is 0. The molecule has 6 heteroatoms. The van der Waals surface area contributed by atoms with Crippen LogP contribution in [0.2, 0.25) is 5.02 Å². The van der Waals surface area contributed by atoms with Crippen molar-refractivity contribution in [3.63, 3.8) is 0 Å². The molecule has 1 fully saturated rings. The Morgan fingerprint density at radius 3 is 2.71 bits per heavy atom. The first-order chi connectivity index (χ1) is 16.6. The van der Waals surface area contributed by atoms with Crippen LogP contribution < -0.4 is 4.74 Å². The van der Waals surface area contributed by atoms with Gasteiger partial charge in [-0.1, -0.05) is 45.7 Å². The molecule has 3 aromatic rings. The molecule has 178 valence electrons. The molecule has 0 radical (unpaired) electrons. The van der Waals surface area contributed by atoms with E-state index >= 15 is 0 Å². The van der Waals surface area contributed by atoms with E-state index < -0.39 is 6.10 Å². The highest BCUT2D eigenvalue weighted by molar-refractivity contribution is 9.10. The van der Waals surface area contributed by atoms with E-state index in [1.54, 1.807) is 0 Å². The van der Waals surface area contributed by atoms with Crippen LogP contribution in [-0.2, 0) is 12.8 Å². The molecule has 4 nitrogen and oxygen atoms in total. The van der Waals surface area contributed by atoms with Gasteiger partial charge in [0.15, 0.2) is 0 Å². The monoisotopic (exact) mass is 540 g/mol. The van der Waals surface area contributed by atoms with Gasteiger partial charge in [-0.15, -0.1) is 0 Å². The van der Waals surface area contributed by atoms with Crippen molar-refractivity contribution in [2.75, 3.05) is 26.2 Å². The molecule has 2 aromatic carbocycles. The second-order valence-corrected chi connectivity index (χ2v) is 10.8. The summed E-state index contributed by atoms with van der Waals surface area (Å²) in [5.41, 5.74) is 5.35. The smallest absolute Gasteiger partial charge is 0.120 e. The van der Waals surface area contributed by atoms with Gasteiger partial charge in [0.2, 0.25) is 0 Å². The van der Waals surface area contributed by atoms with Crippen molar-refractivity contribution in [2.45, 2.75) is 37.7 Å². The lowest BCUT2D eigenvalue weighted by atomic mass is 9.76. The van der Waals surface area contributed by atoms with E-state index in [-0.39, 0.29) is 0 Å². The molecule has 2 unspecified atom stereocenters.